The van der Waals surface area contributed by atoms with E-state index in [0.717, 1.165) is 11.3 Å². The Balaban J connectivity index is 2.29. The minimum Gasteiger partial charge on any atom is -0.396 e. The van der Waals surface area contributed by atoms with E-state index in [1.807, 2.05) is 0 Å². The maximum absolute atomic E-state index is 13.1. The summed E-state index contributed by atoms with van der Waals surface area (Å²) in [6, 6.07) is 6.28. The van der Waals surface area contributed by atoms with Gasteiger partial charge in [-0.25, -0.2) is 9.07 Å². The predicted molar refractivity (Wildman–Crippen MR) is 57.1 cm³/mol. The van der Waals surface area contributed by atoms with E-state index in [1.165, 1.54) is 12.1 Å². The van der Waals surface area contributed by atoms with Gasteiger partial charge < -0.3 is 5.11 Å². The number of aliphatic hydroxyl groups excluding tert-OH is 1. The van der Waals surface area contributed by atoms with Crippen molar-refractivity contribution in [2.75, 3.05) is 6.61 Å². The van der Waals surface area contributed by atoms with Gasteiger partial charge in [0.2, 0.25) is 0 Å². The van der Waals surface area contributed by atoms with Crippen LogP contribution in [0.4, 0.5) is 4.39 Å². The minimum absolute atomic E-state index is 0.0997. The number of aliphatic hydroxyl groups is 1. The molecule has 1 aromatic heterocycles. The van der Waals surface area contributed by atoms with Crippen LogP contribution in [-0.4, -0.2) is 26.7 Å². The van der Waals surface area contributed by atoms with Crippen LogP contribution in [0.5, 0.6) is 0 Å². The number of hydrogen-bond donors (Lipinski definition) is 1. The highest BCUT2D eigenvalue weighted by molar-refractivity contribution is 5.58. The molecule has 0 atom stereocenters. The molecule has 0 unspecified atom stereocenters. The van der Waals surface area contributed by atoms with Crippen molar-refractivity contribution in [3.8, 4) is 11.3 Å². The largest absolute Gasteiger partial charge is 0.396 e. The van der Waals surface area contributed by atoms with Gasteiger partial charge in [0.15, 0.2) is 0 Å². The summed E-state index contributed by atoms with van der Waals surface area (Å²) in [5.41, 5.74) is 1.50. The topological polar surface area (TPSA) is 50.9 Å². The van der Waals surface area contributed by atoms with Crippen molar-refractivity contribution in [3.63, 3.8) is 0 Å². The third kappa shape index (κ3) is 2.25. The molecule has 4 nitrogen and oxygen atoms in total. The van der Waals surface area contributed by atoms with E-state index in [4.69, 9.17) is 5.11 Å². The van der Waals surface area contributed by atoms with Gasteiger partial charge in [0, 0.05) is 18.7 Å². The van der Waals surface area contributed by atoms with Gasteiger partial charge in [0.1, 0.15) is 5.82 Å². The quantitative estimate of drug-likeness (QED) is 0.850. The first-order valence-electron chi connectivity index (χ1n) is 5.06. The van der Waals surface area contributed by atoms with E-state index in [1.54, 1.807) is 23.0 Å². The predicted octanol–water partition coefficient (Wildman–Crippen LogP) is 1.47. The van der Waals surface area contributed by atoms with E-state index in [2.05, 4.69) is 10.3 Å². The number of rotatable bonds is 4. The maximum Gasteiger partial charge on any atom is 0.123 e. The first-order valence-corrected chi connectivity index (χ1v) is 5.06. The fourth-order valence-corrected chi connectivity index (χ4v) is 1.51. The van der Waals surface area contributed by atoms with Crippen molar-refractivity contribution in [2.45, 2.75) is 13.0 Å². The zero-order chi connectivity index (χ0) is 11.4. The smallest absolute Gasteiger partial charge is 0.123 e. The summed E-state index contributed by atoms with van der Waals surface area (Å²) in [6.07, 6.45) is 2.19. The monoisotopic (exact) mass is 221 g/mol. The normalized spacial score (nSPS) is 10.6. The Kier molecular flexibility index (Phi) is 3.26. The lowest BCUT2D eigenvalue weighted by Gasteiger charge is -2.04. The minimum atomic E-state index is -0.285. The van der Waals surface area contributed by atoms with Crippen molar-refractivity contribution < 1.29 is 9.50 Å². The molecule has 0 aliphatic carbocycles. The van der Waals surface area contributed by atoms with Crippen LogP contribution in [0.1, 0.15) is 6.42 Å². The Bertz CT molecular complexity index is 470. The number of benzene rings is 1. The molecule has 0 fully saturated rings. The van der Waals surface area contributed by atoms with Gasteiger partial charge in [-0.05, 0) is 18.6 Å². The average Bonchev–Trinajstić information content (AvgIpc) is 2.74. The molecule has 2 rings (SSSR count). The molecule has 2 aromatic rings. The summed E-state index contributed by atoms with van der Waals surface area (Å²) in [7, 11) is 0. The van der Waals surface area contributed by atoms with Gasteiger partial charge in [0.05, 0.1) is 11.9 Å². The standard InChI is InChI=1S/C11H12FN3O/c12-10-4-1-3-9(7-10)11-8-13-14-15(11)5-2-6-16/h1,3-4,7-8,16H,2,5-6H2. The van der Waals surface area contributed by atoms with Crippen molar-refractivity contribution >= 4 is 0 Å². The van der Waals surface area contributed by atoms with Crippen molar-refractivity contribution in [1.82, 2.24) is 15.0 Å². The van der Waals surface area contributed by atoms with Gasteiger partial charge in [-0.2, -0.15) is 0 Å². The Morgan fingerprint density at radius 2 is 2.25 bits per heavy atom. The molecule has 1 aromatic carbocycles. The first kappa shape index (κ1) is 10.8. The summed E-state index contributed by atoms with van der Waals surface area (Å²) in [5, 5.41) is 16.4. The van der Waals surface area contributed by atoms with Crippen LogP contribution >= 0.6 is 0 Å². The van der Waals surface area contributed by atoms with Crippen molar-refractivity contribution in [3.05, 3.63) is 36.3 Å². The summed E-state index contributed by atoms with van der Waals surface area (Å²) >= 11 is 0. The second kappa shape index (κ2) is 4.85. The summed E-state index contributed by atoms with van der Waals surface area (Å²) < 4.78 is 14.7. The Hall–Kier alpha value is -1.75. The third-order valence-electron chi connectivity index (χ3n) is 2.27. The Labute approximate surface area is 92.3 Å². The maximum atomic E-state index is 13.1. The molecule has 0 amide bonds. The van der Waals surface area contributed by atoms with E-state index >= 15 is 0 Å². The molecular formula is C11H12FN3O. The number of aromatic nitrogens is 3. The molecule has 0 radical (unpaired) electrons. The van der Waals surface area contributed by atoms with Crippen LogP contribution in [0.3, 0.4) is 0 Å². The van der Waals surface area contributed by atoms with Crippen LogP contribution in [0.25, 0.3) is 11.3 Å². The van der Waals surface area contributed by atoms with Crippen LogP contribution in [0.15, 0.2) is 30.5 Å². The lowest BCUT2D eigenvalue weighted by atomic mass is 10.1. The van der Waals surface area contributed by atoms with Gasteiger partial charge >= 0.3 is 0 Å². The molecule has 0 aliphatic rings. The van der Waals surface area contributed by atoms with Gasteiger partial charge in [-0.3, -0.25) is 0 Å². The second-order valence-electron chi connectivity index (χ2n) is 3.43. The molecule has 0 saturated heterocycles. The van der Waals surface area contributed by atoms with Crippen LogP contribution in [0, 0.1) is 5.82 Å². The van der Waals surface area contributed by atoms with E-state index < -0.39 is 0 Å². The highest BCUT2D eigenvalue weighted by atomic mass is 19.1. The van der Waals surface area contributed by atoms with Crippen LogP contribution < -0.4 is 0 Å². The lowest BCUT2D eigenvalue weighted by Crippen LogP contribution is -2.04. The first-order chi connectivity index (χ1) is 7.81. The molecule has 5 heteroatoms. The molecule has 84 valence electrons. The van der Waals surface area contributed by atoms with Gasteiger partial charge in [0.25, 0.3) is 0 Å². The van der Waals surface area contributed by atoms with Gasteiger partial charge in [-0.1, -0.05) is 17.3 Å². The molecule has 0 spiro atoms. The van der Waals surface area contributed by atoms with E-state index in [9.17, 15) is 4.39 Å². The van der Waals surface area contributed by atoms with E-state index in [0.29, 0.717) is 13.0 Å². The number of nitrogens with zero attached hydrogens (tertiary/aromatic N) is 3. The van der Waals surface area contributed by atoms with E-state index in [-0.39, 0.29) is 12.4 Å². The molecule has 1 N–H and O–H groups in total. The number of halogens is 1. The summed E-state index contributed by atoms with van der Waals surface area (Å²) in [6.45, 7) is 0.671. The van der Waals surface area contributed by atoms with Gasteiger partial charge in [-0.15, -0.1) is 5.10 Å². The molecular weight excluding hydrogens is 209 g/mol. The Morgan fingerprint density at radius 1 is 1.38 bits per heavy atom. The van der Waals surface area contributed by atoms with Crippen molar-refractivity contribution in [2.24, 2.45) is 0 Å². The Morgan fingerprint density at radius 3 is 3.00 bits per heavy atom. The highest BCUT2D eigenvalue weighted by Crippen LogP contribution is 2.18. The van der Waals surface area contributed by atoms with Crippen LogP contribution in [0.2, 0.25) is 0 Å². The fraction of sp³-hybridized carbons (Fsp3) is 0.273. The zero-order valence-electron chi connectivity index (χ0n) is 8.67. The molecule has 16 heavy (non-hydrogen) atoms. The average molecular weight is 221 g/mol. The number of aryl methyl sites for hydroxylation is 1. The van der Waals surface area contributed by atoms with Crippen molar-refractivity contribution in [1.29, 1.82) is 0 Å². The molecule has 0 aliphatic heterocycles. The number of hydrogen-bond acceptors (Lipinski definition) is 3. The molecule has 1 heterocycles. The zero-order valence-corrected chi connectivity index (χ0v) is 8.67. The summed E-state index contributed by atoms with van der Waals surface area (Å²) in [5.74, 6) is -0.285. The third-order valence-corrected chi connectivity index (χ3v) is 2.27. The molecule has 0 saturated carbocycles. The SMILES string of the molecule is OCCCn1nncc1-c1cccc(F)c1. The lowest BCUT2D eigenvalue weighted by molar-refractivity contribution is 0.276. The highest BCUT2D eigenvalue weighted by Gasteiger charge is 2.06. The fourth-order valence-electron chi connectivity index (χ4n) is 1.51. The second-order valence-corrected chi connectivity index (χ2v) is 3.43. The van der Waals surface area contributed by atoms with Crippen LogP contribution in [-0.2, 0) is 6.54 Å². The summed E-state index contributed by atoms with van der Waals surface area (Å²) in [4.78, 5) is 0. The molecule has 0 bridgehead atoms.